The Labute approximate surface area is 197 Å². The first-order valence-electron chi connectivity index (χ1n) is 11.3. The van der Waals surface area contributed by atoms with E-state index in [2.05, 4.69) is 53.3 Å². The first-order chi connectivity index (χ1) is 16.0. The van der Waals surface area contributed by atoms with Gasteiger partial charge in [-0.1, -0.05) is 0 Å². The van der Waals surface area contributed by atoms with Gasteiger partial charge in [0.1, 0.15) is 6.10 Å². The van der Waals surface area contributed by atoms with Crippen LogP contribution in [-0.2, 0) is 13.6 Å². The van der Waals surface area contributed by atoms with E-state index < -0.39 is 5.95 Å². The van der Waals surface area contributed by atoms with Crippen LogP contribution in [0.3, 0.4) is 0 Å². The zero-order chi connectivity index (χ0) is 24.3. The van der Waals surface area contributed by atoms with Gasteiger partial charge in [0, 0.05) is 55.0 Å². The van der Waals surface area contributed by atoms with Gasteiger partial charge in [-0.05, 0) is 39.8 Å². The molecule has 0 saturated carbocycles. The standard InChI is InChI=1S/C24H28FN7O2/c1-23(2)9-15(10-24(3,4)30-23)34-20-7-6-19(27-28-20)32-13-18-16(22(32)33)8-14(11-26-18)17-12-31(5)29-21(17)25/h6-8,11-12,15,30H,9-10,13H2,1-5H3. The smallest absolute Gasteiger partial charge is 0.261 e. The van der Waals surface area contributed by atoms with E-state index in [0.29, 0.717) is 34.1 Å². The van der Waals surface area contributed by atoms with Gasteiger partial charge < -0.3 is 10.1 Å². The molecule has 0 unspecified atom stereocenters. The lowest BCUT2D eigenvalue weighted by Crippen LogP contribution is -2.60. The normalized spacial score (nSPS) is 19.4. The van der Waals surface area contributed by atoms with E-state index in [1.54, 1.807) is 37.6 Å². The Morgan fingerprint density at radius 1 is 1.12 bits per heavy atom. The van der Waals surface area contributed by atoms with E-state index in [1.165, 1.54) is 9.58 Å². The monoisotopic (exact) mass is 465 g/mol. The number of carbonyl (C=O) groups excluding carboxylic acids is 1. The Morgan fingerprint density at radius 2 is 1.85 bits per heavy atom. The Morgan fingerprint density at radius 3 is 2.47 bits per heavy atom. The highest BCUT2D eigenvalue weighted by Gasteiger charge is 2.39. The summed E-state index contributed by atoms with van der Waals surface area (Å²) in [6.45, 7) is 8.93. The van der Waals surface area contributed by atoms with Crippen LogP contribution in [0.5, 0.6) is 5.88 Å². The molecule has 2 aliphatic heterocycles. The predicted octanol–water partition coefficient (Wildman–Crippen LogP) is 3.26. The first kappa shape index (κ1) is 22.4. The van der Waals surface area contributed by atoms with Crippen molar-refractivity contribution in [3.05, 3.63) is 47.8 Å². The topological polar surface area (TPSA) is 98.1 Å². The zero-order valence-corrected chi connectivity index (χ0v) is 20.0. The van der Waals surface area contributed by atoms with Crippen LogP contribution in [0.15, 0.2) is 30.6 Å². The Bertz CT molecular complexity index is 1240. The van der Waals surface area contributed by atoms with Gasteiger partial charge in [-0.25, -0.2) is 0 Å². The molecule has 5 rings (SSSR count). The summed E-state index contributed by atoms with van der Waals surface area (Å²) < 4.78 is 21.6. The Kier molecular flexibility index (Phi) is 5.16. The van der Waals surface area contributed by atoms with E-state index in [9.17, 15) is 9.18 Å². The van der Waals surface area contributed by atoms with Crippen molar-refractivity contribution in [1.82, 2.24) is 30.3 Å². The molecule has 1 saturated heterocycles. The number of amides is 1. The largest absolute Gasteiger partial charge is 0.473 e. The summed E-state index contributed by atoms with van der Waals surface area (Å²) in [5, 5.41) is 15.8. The summed E-state index contributed by atoms with van der Waals surface area (Å²) in [4.78, 5) is 19.0. The minimum atomic E-state index is -0.603. The lowest BCUT2D eigenvalue weighted by atomic mass is 9.81. The fourth-order valence-electron chi connectivity index (χ4n) is 5.16. The van der Waals surface area contributed by atoms with Crippen molar-refractivity contribution < 1.29 is 13.9 Å². The second-order valence-corrected chi connectivity index (χ2v) is 10.4. The molecule has 3 aromatic rings. The zero-order valence-electron chi connectivity index (χ0n) is 20.0. The molecule has 5 heterocycles. The fraction of sp³-hybridized carbons (Fsp3) is 0.458. The minimum absolute atomic E-state index is 0.0135. The lowest BCUT2D eigenvalue weighted by molar-refractivity contribution is 0.0523. The predicted molar refractivity (Wildman–Crippen MR) is 124 cm³/mol. The van der Waals surface area contributed by atoms with Crippen LogP contribution in [0.1, 0.15) is 56.6 Å². The molecular formula is C24H28FN7O2. The van der Waals surface area contributed by atoms with E-state index in [-0.39, 0.29) is 29.6 Å². The average Bonchev–Trinajstić information content (AvgIpc) is 3.24. The molecule has 2 aliphatic rings. The van der Waals surface area contributed by atoms with Gasteiger partial charge in [0.05, 0.1) is 23.4 Å². The maximum atomic E-state index is 14.1. The summed E-state index contributed by atoms with van der Waals surface area (Å²) in [6.07, 6.45) is 4.83. The van der Waals surface area contributed by atoms with E-state index in [0.717, 1.165) is 12.8 Å². The molecular weight excluding hydrogens is 437 g/mol. The molecule has 34 heavy (non-hydrogen) atoms. The number of anilines is 1. The highest BCUT2D eigenvalue weighted by Crippen LogP contribution is 2.32. The molecule has 0 radical (unpaired) electrons. The van der Waals surface area contributed by atoms with Gasteiger partial charge in [0.2, 0.25) is 11.8 Å². The summed E-state index contributed by atoms with van der Waals surface area (Å²) in [6, 6.07) is 5.12. The maximum Gasteiger partial charge on any atom is 0.261 e. The third kappa shape index (κ3) is 4.25. The molecule has 9 nitrogen and oxygen atoms in total. The number of ether oxygens (including phenoxy) is 1. The highest BCUT2D eigenvalue weighted by molar-refractivity contribution is 6.09. The molecule has 178 valence electrons. The number of aromatic nitrogens is 5. The van der Waals surface area contributed by atoms with Gasteiger partial charge in [0.15, 0.2) is 5.82 Å². The van der Waals surface area contributed by atoms with Crippen molar-refractivity contribution >= 4 is 11.7 Å². The molecule has 1 N–H and O–H groups in total. The number of aryl methyl sites for hydroxylation is 1. The summed E-state index contributed by atoms with van der Waals surface area (Å²) >= 11 is 0. The van der Waals surface area contributed by atoms with Crippen molar-refractivity contribution in [2.75, 3.05) is 4.90 Å². The lowest BCUT2D eigenvalue weighted by Gasteiger charge is -2.46. The molecule has 0 aromatic carbocycles. The SMILES string of the molecule is Cn1cc(-c2cnc3c(c2)C(=O)N(c2ccc(OC4CC(C)(C)NC(C)(C)C4)nn2)C3)c(F)n1. The van der Waals surface area contributed by atoms with E-state index in [1.807, 2.05) is 0 Å². The molecule has 1 fully saturated rings. The van der Waals surface area contributed by atoms with Crippen LogP contribution in [0.4, 0.5) is 10.2 Å². The number of pyridine rings is 1. The van der Waals surface area contributed by atoms with Gasteiger partial charge >= 0.3 is 0 Å². The molecule has 10 heteroatoms. The van der Waals surface area contributed by atoms with Gasteiger partial charge in [0.25, 0.3) is 5.91 Å². The van der Waals surface area contributed by atoms with Gasteiger partial charge in [-0.15, -0.1) is 15.3 Å². The Hall–Kier alpha value is -3.40. The quantitative estimate of drug-likeness (QED) is 0.632. The van der Waals surface area contributed by atoms with Gasteiger partial charge in [-0.3, -0.25) is 19.4 Å². The number of hydrogen-bond donors (Lipinski definition) is 1. The van der Waals surface area contributed by atoms with Crippen molar-refractivity contribution in [3.8, 4) is 17.0 Å². The highest BCUT2D eigenvalue weighted by atomic mass is 19.1. The van der Waals surface area contributed by atoms with E-state index in [4.69, 9.17) is 4.74 Å². The number of hydrogen-bond acceptors (Lipinski definition) is 7. The molecule has 0 bridgehead atoms. The van der Waals surface area contributed by atoms with Crippen molar-refractivity contribution in [3.63, 3.8) is 0 Å². The molecule has 0 spiro atoms. The number of fused-ring (bicyclic) bond motifs is 1. The van der Waals surface area contributed by atoms with Crippen LogP contribution in [-0.4, -0.2) is 48.1 Å². The van der Waals surface area contributed by atoms with Crippen LogP contribution in [0.2, 0.25) is 0 Å². The molecule has 3 aromatic heterocycles. The minimum Gasteiger partial charge on any atom is -0.473 e. The van der Waals surface area contributed by atoms with Crippen molar-refractivity contribution in [1.29, 1.82) is 0 Å². The molecule has 0 atom stereocenters. The van der Waals surface area contributed by atoms with Crippen LogP contribution < -0.4 is 15.0 Å². The number of nitrogens with one attached hydrogen (secondary N) is 1. The fourth-order valence-corrected chi connectivity index (χ4v) is 5.16. The van der Waals surface area contributed by atoms with Gasteiger partial charge in [-0.2, -0.15) is 4.39 Å². The van der Waals surface area contributed by atoms with E-state index >= 15 is 0 Å². The van der Waals surface area contributed by atoms with Crippen LogP contribution in [0.25, 0.3) is 11.1 Å². The molecule has 1 amide bonds. The van der Waals surface area contributed by atoms with Crippen molar-refractivity contribution in [2.45, 2.75) is 64.3 Å². The summed E-state index contributed by atoms with van der Waals surface area (Å²) in [7, 11) is 1.64. The maximum absolute atomic E-state index is 14.1. The second kappa shape index (κ2) is 7.83. The summed E-state index contributed by atoms with van der Waals surface area (Å²) in [5.74, 6) is -0.0127. The van der Waals surface area contributed by atoms with Crippen molar-refractivity contribution in [2.24, 2.45) is 7.05 Å². The third-order valence-corrected chi connectivity index (χ3v) is 6.19. The second-order valence-electron chi connectivity index (χ2n) is 10.4. The molecule has 0 aliphatic carbocycles. The number of piperidine rings is 1. The average molecular weight is 466 g/mol. The summed E-state index contributed by atoms with van der Waals surface area (Å²) in [5.41, 5.74) is 1.74. The van der Waals surface area contributed by atoms with Crippen LogP contribution in [0, 0.1) is 5.95 Å². The number of halogens is 1. The first-order valence-corrected chi connectivity index (χ1v) is 11.3. The third-order valence-electron chi connectivity index (χ3n) is 6.19. The number of nitrogens with zero attached hydrogens (tertiary/aromatic N) is 6. The number of rotatable bonds is 4. The number of carbonyl (C=O) groups is 1. The Balaban J connectivity index is 1.32. The van der Waals surface area contributed by atoms with Crippen LogP contribution >= 0.6 is 0 Å².